The molecule has 0 bridgehead atoms. The highest BCUT2D eigenvalue weighted by atomic mass is 16.4. The molecule has 1 heterocycles. The Morgan fingerprint density at radius 3 is 2.93 bits per heavy atom. The molecule has 4 heteroatoms. The summed E-state index contributed by atoms with van der Waals surface area (Å²) in [6, 6.07) is 0. The number of rotatable bonds is 3. The first-order chi connectivity index (χ1) is 6.70. The first kappa shape index (κ1) is 9.24. The van der Waals surface area contributed by atoms with Crippen molar-refractivity contribution in [2.24, 2.45) is 0 Å². The van der Waals surface area contributed by atoms with E-state index in [1.54, 1.807) is 13.1 Å². The molecule has 1 fully saturated rings. The van der Waals surface area contributed by atoms with Crippen LogP contribution in [0.3, 0.4) is 0 Å². The minimum atomic E-state index is -0.785. The highest BCUT2D eigenvalue weighted by Crippen LogP contribution is 2.38. The quantitative estimate of drug-likeness (QED) is 0.771. The van der Waals surface area contributed by atoms with Crippen molar-refractivity contribution in [1.29, 1.82) is 0 Å². The highest BCUT2D eigenvalue weighted by molar-refractivity contribution is 5.75. The third kappa shape index (κ3) is 1.41. The Hall–Kier alpha value is -1.32. The van der Waals surface area contributed by atoms with Crippen LogP contribution in [-0.4, -0.2) is 21.3 Å². The van der Waals surface area contributed by atoms with E-state index in [1.807, 2.05) is 0 Å². The average molecular weight is 194 g/mol. The predicted molar refractivity (Wildman–Crippen MR) is 51.2 cm³/mol. The maximum atomic E-state index is 10.8. The number of carboxylic acids is 1. The molecule has 1 saturated carbocycles. The normalized spacial score (nSPS) is 18.9. The Balaban J connectivity index is 2.24. The molecule has 2 rings (SSSR count). The lowest BCUT2D eigenvalue weighted by molar-refractivity contribution is -0.138. The molecule has 1 aliphatic rings. The lowest BCUT2D eigenvalue weighted by Crippen LogP contribution is -2.15. The highest BCUT2D eigenvalue weighted by Gasteiger charge is 2.27. The molecule has 0 aromatic carbocycles. The van der Waals surface area contributed by atoms with Crippen LogP contribution in [0.25, 0.3) is 0 Å². The molecule has 0 spiro atoms. The first-order valence-corrected chi connectivity index (χ1v) is 4.96. The van der Waals surface area contributed by atoms with Gasteiger partial charge in [0.2, 0.25) is 0 Å². The zero-order valence-corrected chi connectivity index (χ0v) is 8.16. The molecular weight excluding hydrogens is 180 g/mol. The van der Waals surface area contributed by atoms with Gasteiger partial charge in [0.15, 0.2) is 0 Å². The van der Waals surface area contributed by atoms with Crippen LogP contribution in [0.4, 0.5) is 0 Å². The Labute approximate surface area is 82.3 Å². The monoisotopic (exact) mass is 194 g/mol. The number of aromatic amines is 1. The molecule has 14 heavy (non-hydrogen) atoms. The molecule has 4 nitrogen and oxygen atoms in total. The van der Waals surface area contributed by atoms with E-state index < -0.39 is 11.9 Å². The van der Waals surface area contributed by atoms with Crippen molar-refractivity contribution in [3.63, 3.8) is 0 Å². The van der Waals surface area contributed by atoms with Gasteiger partial charge in [-0.2, -0.15) is 5.10 Å². The standard InChI is InChI=1S/C10H14N2O2/c1-6(10(13)14)8-5-11-12-9(8)7-3-2-4-7/h5-7H,2-4H2,1H3,(H,11,12)(H,13,14). The second-order valence-electron chi connectivity index (χ2n) is 3.93. The van der Waals surface area contributed by atoms with Crippen LogP contribution in [0.1, 0.15) is 49.3 Å². The van der Waals surface area contributed by atoms with Gasteiger partial charge in [-0.1, -0.05) is 6.42 Å². The zero-order chi connectivity index (χ0) is 10.1. The van der Waals surface area contributed by atoms with Gasteiger partial charge in [-0.3, -0.25) is 9.89 Å². The topological polar surface area (TPSA) is 66.0 Å². The van der Waals surface area contributed by atoms with E-state index >= 15 is 0 Å². The summed E-state index contributed by atoms with van der Waals surface area (Å²) in [5.41, 5.74) is 1.88. The van der Waals surface area contributed by atoms with Crippen LogP contribution in [0, 0.1) is 0 Å². The summed E-state index contributed by atoms with van der Waals surface area (Å²) in [4.78, 5) is 10.8. The molecule has 1 unspecified atom stereocenters. The average Bonchev–Trinajstić information content (AvgIpc) is 2.48. The number of carboxylic acid groups (broad SMARTS) is 1. The van der Waals surface area contributed by atoms with Gasteiger partial charge in [0.25, 0.3) is 0 Å². The number of hydrogen-bond donors (Lipinski definition) is 2. The van der Waals surface area contributed by atoms with Gasteiger partial charge in [-0.15, -0.1) is 0 Å². The van der Waals surface area contributed by atoms with Gasteiger partial charge in [0, 0.05) is 17.2 Å². The third-order valence-corrected chi connectivity index (χ3v) is 3.05. The number of H-pyrrole nitrogens is 1. The number of aliphatic carboxylic acids is 1. The Morgan fingerprint density at radius 1 is 1.71 bits per heavy atom. The van der Waals surface area contributed by atoms with Crippen molar-refractivity contribution in [2.75, 3.05) is 0 Å². The van der Waals surface area contributed by atoms with Crippen molar-refractivity contribution >= 4 is 5.97 Å². The molecule has 1 atom stereocenters. The number of nitrogens with one attached hydrogen (secondary N) is 1. The van der Waals surface area contributed by atoms with E-state index in [0.717, 1.165) is 24.1 Å². The van der Waals surface area contributed by atoms with Gasteiger partial charge >= 0.3 is 5.97 Å². The molecule has 0 saturated heterocycles. The summed E-state index contributed by atoms with van der Waals surface area (Å²) in [5.74, 6) is -0.731. The molecular formula is C10H14N2O2. The van der Waals surface area contributed by atoms with Crippen molar-refractivity contribution in [2.45, 2.75) is 38.0 Å². The SMILES string of the molecule is CC(C(=O)O)c1cn[nH]c1C1CCC1. The summed E-state index contributed by atoms with van der Waals surface area (Å²) >= 11 is 0. The lowest BCUT2D eigenvalue weighted by atomic mass is 9.80. The van der Waals surface area contributed by atoms with E-state index in [1.165, 1.54) is 6.42 Å². The third-order valence-electron chi connectivity index (χ3n) is 3.05. The van der Waals surface area contributed by atoms with Crippen molar-refractivity contribution < 1.29 is 9.90 Å². The summed E-state index contributed by atoms with van der Waals surface area (Å²) < 4.78 is 0. The van der Waals surface area contributed by atoms with Gasteiger partial charge in [0.05, 0.1) is 12.1 Å². The van der Waals surface area contributed by atoms with Crippen LogP contribution < -0.4 is 0 Å². The second kappa shape index (κ2) is 3.44. The molecule has 76 valence electrons. The number of carbonyl (C=O) groups is 1. The maximum absolute atomic E-state index is 10.8. The Kier molecular flexibility index (Phi) is 2.27. The van der Waals surface area contributed by atoms with E-state index in [9.17, 15) is 4.79 Å². The maximum Gasteiger partial charge on any atom is 0.310 e. The minimum absolute atomic E-state index is 0.454. The fourth-order valence-corrected chi connectivity index (χ4v) is 1.81. The molecule has 2 N–H and O–H groups in total. The largest absolute Gasteiger partial charge is 0.481 e. The van der Waals surface area contributed by atoms with Gasteiger partial charge in [-0.05, 0) is 19.8 Å². The summed E-state index contributed by atoms with van der Waals surface area (Å²) in [5, 5.41) is 15.8. The van der Waals surface area contributed by atoms with Crippen LogP contribution in [0.15, 0.2) is 6.20 Å². The first-order valence-electron chi connectivity index (χ1n) is 4.96. The van der Waals surface area contributed by atoms with E-state index in [4.69, 9.17) is 5.11 Å². The molecule has 1 aliphatic carbocycles. The minimum Gasteiger partial charge on any atom is -0.481 e. The lowest BCUT2D eigenvalue weighted by Gasteiger charge is -2.25. The zero-order valence-electron chi connectivity index (χ0n) is 8.16. The second-order valence-corrected chi connectivity index (χ2v) is 3.93. The Bertz CT molecular complexity index is 342. The van der Waals surface area contributed by atoms with Crippen LogP contribution in [0.5, 0.6) is 0 Å². The molecule has 0 amide bonds. The molecule has 1 aromatic rings. The fourth-order valence-electron chi connectivity index (χ4n) is 1.81. The van der Waals surface area contributed by atoms with Crippen molar-refractivity contribution in [1.82, 2.24) is 10.2 Å². The van der Waals surface area contributed by atoms with Gasteiger partial charge in [0.1, 0.15) is 0 Å². The van der Waals surface area contributed by atoms with Gasteiger partial charge < -0.3 is 5.11 Å². The number of aromatic nitrogens is 2. The predicted octanol–water partition coefficient (Wildman–Crippen LogP) is 1.87. The fraction of sp³-hybridized carbons (Fsp3) is 0.600. The summed E-state index contributed by atoms with van der Waals surface area (Å²) in [6.07, 6.45) is 5.19. The van der Waals surface area contributed by atoms with Crippen LogP contribution in [-0.2, 0) is 4.79 Å². The van der Waals surface area contributed by atoms with Crippen molar-refractivity contribution in [3.8, 4) is 0 Å². The molecule has 0 radical (unpaired) electrons. The van der Waals surface area contributed by atoms with Crippen LogP contribution >= 0.6 is 0 Å². The van der Waals surface area contributed by atoms with Crippen molar-refractivity contribution in [3.05, 3.63) is 17.5 Å². The summed E-state index contributed by atoms with van der Waals surface area (Å²) in [6.45, 7) is 1.70. The van der Waals surface area contributed by atoms with Crippen LogP contribution in [0.2, 0.25) is 0 Å². The molecule has 1 aromatic heterocycles. The number of hydrogen-bond acceptors (Lipinski definition) is 2. The van der Waals surface area contributed by atoms with E-state index in [-0.39, 0.29) is 0 Å². The van der Waals surface area contributed by atoms with E-state index in [2.05, 4.69) is 10.2 Å². The van der Waals surface area contributed by atoms with E-state index in [0.29, 0.717) is 5.92 Å². The molecule has 0 aliphatic heterocycles. The Morgan fingerprint density at radius 2 is 2.43 bits per heavy atom. The smallest absolute Gasteiger partial charge is 0.310 e. The van der Waals surface area contributed by atoms with Gasteiger partial charge in [-0.25, -0.2) is 0 Å². The number of nitrogens with zero attached hydrogens (tertiary/aromatic N) is 1. The summed E-state index contributed by atoms with van der Waals surface area (Å²) in [7, 11) is 0.